The van der Waals surface area contributed by atoms with Crippen LogP contribution >= 0.6 is 0 Å². The Labute approximate surface area is 163 Å². The number of piperazine rings is 1. The molecule has 0 bridgehead atoms. The van der Waals surface area contributed by atoms with E-state index in [4.69, 9.17) is 14.0 Å². The summed E-state index contributed by atoms with van der Waals surface area (Å²) in [5, 5.41) is 4.74. The van der Waals surface area contributed by atoms with E-state index in [1.165, 1.54) is 5.69 Å². The second-order valence-corrected chi connectivity index (χ2v) is 7.28. The number of rotatable bonds is 5. The van der Waals surface area contributed by atoms with Crippen LogP contribution in [0.15, 0.2) is 41.5 Å². The molecule has 8 heteroatoms. The Balaban J connectivity index is 1.30. The minimum absolute atomic E-state index is 0.0720. The summed E-state index contributed by atoms with van der Waals surface area (Å²) in [6.45, 7) is 6.19. The van der Waals surface area contributed by atoms with Gasteiger partial charge in [0.05, 0.1) is 30.3 Å². The highest BCUT2D eigenvalue weighted by molar-refractivity contribution is 5.86. The van der Waals surface area contributed by atoms with Gasteiger partial charge < -0.3 is 18.9 Å². The second kappa shape index (κ2) is 7.73. The van der Waals surface area contributed by atoms with E-state index in [1.54, 1.807) is 18.8 Å². The van der Waals surface area contributed by atoms with Crippen molar-refractivity contribution in [3.8, 4) is 5.88 Å². The lowest BCUT2D eigenvalue weighted by Crippen LogP contribution is -2.45. The van der Waals surface area contributed by atoms with Crippen molar-refractivity contribution >= 4 is 16.6 Å². The lowest BCUT2D eigenvalue weighted by molar-refractivity contribution is 0.139. The number of ether oxygens (including phenoxy) is 2. The number of hydrogen-bond acceptors (Lipinski definition) is 8. The molecule has 0 spiro atoms. The summed E-state index contributed by atoms with van der Waals surface area (Å²) in [6, 6.07) is 6.33. The molecular formula is C20H23N5O3. The molecule has 0 amide bonds. The van der Waals surface area contributed by atoms with Crippen LogP contribution in [0.1, 0.15) is 12.0 Å². The van der Waals surface area contributed by atoms with Gasteiger partial charge >= 0.3 is 0 Å². The molecular weight excluding hydrogens is 358 g/mol. The van der Waals surface area contributed by atoms with Gasteiger partial charge in [-0.2, -0.15) is 0 Å². The number of nitrogens with zero attached hydrogens (tertiary/aromatic N) is 5. The van der Waals surface area contributed by atoms with Crippen LogP contribution in [0, 0.1) is 0 Å². The van der Waals surface area contributed by atoms with Gasteiger partial charge in [-0.05, 0) is 18.2 Å². The smallest absolute Gasteiger partial charge is 0.224 e. The van der Waals surface area contributed by atoms with E-state index in [-0.39, 0.29) is 6.10 Å². The number of fused-ring (bicyclic) bond motifs is 1. The zero-order valence-electron chi connectivity index (χ0n) is 15.7. The summed E-state index contributed by atoms with van der Waals surface area (Å²) < 4.78 is 16.4. The van der Waals surface area contributed by atoms with Gasteiger partial charge in [0.2, 0.25) is 5.88 Å². The highest BCUT2D eigenvalue weighted by Crippen LogP contribution is 2.29. The fraction of sp³-hybridized carbons (Fsp3) is 0.450. The van der Waals surface area contributed by atoms with E-state index in [0.717, 1.165) is 62.2 Å². The molecule has 4 heterocycles. The molecule has 3 aromatic rings. The van der Waals surface area contributed by atoms with Crippen LogP contribution in [0.4, 0.5) is 5.69 Å². The first-order valence-electron chi connectivity index (χ1n) is 9.70. The van der Waals surface area contributed by atoms with E-state index >= 15 is 0 Å². The van der Waals surface area contributed by atoms with Gasteiger partial charge in [-0.3, -0.25) is 4.90 Å². The molecule has 2 aromatic heterocycles. The third-order valence-electron chi connectivity index (χ3n) is 5.38. The van der Waals surface area contributed by atoms with Crippen molar-refractivity contribution in [1.82, 2.24) is 20.0 Å². The Morgan fingerprint density at radius 2 is 2.07 bits per heavy atom. The zero-order chi connectivity index (χ0) is 18.8. The van der Waals surface area contributed by atoms with Crippen molar-refractivity contribution in [3.63, 3.8) is 0 Å². The largest absolute Gasteiger partial charge is 0.471 e. The number of hydrogen-bond donors (Lipinski definition) is 0. The van der Waals surface area contributed by atoms with Crippen LogP contribution in [-0.4, -0.2) is 65.5 Å². The second-order valence-electron chi connectivity index (χ2n) is 7.28. The fourth-order valence-electron chi connectivity index (χ4n) is 3.80. The molecule has 1 atom stereocenters. The molecule has 0 radical (unpaired) electrons. The van der Waals surface area contributed by atoms with Gasteiger partial charge in [0.15, 0.2) is 0 Å². The van der Waals surface area contributed by atoms with Crippen molar-refractivity contribution in [2.45, 2.75) is 19.1 Å². The topological polar surface area (TPSA) is 76.8 Å². The molecule has 1 unspecified atom stereocenters. The van der Waals surface area contributed by atoms with Crippen molar-refractivity contribution in [2.75, 3.05) is 44.3 Å². The van der Waals surface area contributed by atoms with Gasteiger partial charge in [-0.25, -0.2) is 9.97 Å². The summed E-state index contributed by atoms with van der Waals surface area (Å²) in [7, 11) is 0. The molecule has 2 aliphatic rings. The molecule has 2 fully saturated rings. The van der Waals surface area contributed by atoms with Gasteiger partial charge in [-0.1, -0.05) is 5.16 Å². The predicted molar refractivity (Wildman–Crippen MR) is 103 cm³/mol. The third-order valence-corrected chi connectivity index (χ3v) is 5.38. The monoisotopic (exact) mass is 381 g/mol. The average molecular weight is 381 g/mol. The number of aromatic nitrogens is 3. The predicted octanol–water partition coefficient (Wildman–Crippen LogP) is 2.11. The summed E-state index contributed by atoms with van der Waals surface area (Å²) in [5.74, 6) is 0.647. The van der Waals surface area contributed by atoms with Crippen LogP contribution in [0.3, 0.4) is 0 Å². The number of anilines is 1. The highest BCUT2D eigenvalue weighted by Gasteiger charge is 2.21. The SMILES string of the molecule is c1nc(OC2CCOC2)c2cc(N3CCN(Cc4cnoc4)CC3)ccc2n1. The van der Waals surface area contributed by atoms with E-state index in [0.29, 0.717) is 12.5 Å². The van der Waals surface area contributed by atoms with Crippen LogP contribution in [0.5, 0.6) is 5.88 Å². The van der Waals surface area contributed by atoms with Crippen LogP contribution in [-0.2, 0) is 11.3 Å². The standard InChI is InChI=1S/C20H23N5O3/c1-2-19-18(20(22-14-21-19)28-17-3-8-26-13-17)9-16(1)25-6-4-24(5-7-25)11-15-10-23-27-12-15/h1-2,9-10,12,14,17H,3-8,11,13H2. The van der Waals surface area contributed by atoms with E-state index in [9.17, 15) is 0 Å². The van der Waals surface area contributed by atoms with E-state index in [2.05, 4.69) is 37.1 Å². The van der Waals surface area contributed by atoms with Crippen molar-refractivity contribution in [2.24, 2.45) is 0 Å². The Kier molecular flexibility index (Phi) is 4.80. The van der Waals surface area contributed by atoms with Crippen LogP contribution < -0.4 is 9.64 Å². The maximum absolute atomic E-state index is 6.09. The highest BCUT2D eigenvalue weighted by atomic mass is 16.5. The quantitative estimate of drug-likeness (QED) is 0.665. The first-order chi connectivity index (χ1) is 13.8. The normalized spacial score (nSPS) is 20.7. The molecule has 8 nitrogen and oxygen atoms in total. The molecule has 0 N–H and O–H groups in total. The molecule has 2 aliphatic heterocycles. The minimum atomic E-state index is 0.0720. The van der Waals surface area contributed by atoms with E-state index in [1.807, 2.05) is 6.07 Å². The number of benzene rings is 1. The molecule has 5 rings (SSSR count). The Hall–Kier alpha value is -2.71. The first-order valence-corrected chi connectivity index (χ1v) is 9.70. The van der Waals surface area contributed by atoms with Crippen molar-refractivity contribution < 1.29 is 14.0 Å². The molecule has 0 aliphatic carbocycles. The molecule has 28 heavy (non-hydrogen) atoms. The maximum Gasteiger partial charge on any atom is 0.224 e. The Bertz CT molecular complexity index is 919. The van der Waals surface area contributed by atoms with Gasteiger partial charge in [-0.15, -0.1) is 0 Å². The Morgan fingerprint density at radius 1 is 1.14 bits per heavy atom. The molecule has 0 saturated carbocycles. The lowest BCUT2D eigenvalue weighted by atomic mass is 10.1. The van der Waals surface area contributed by atoms with Gasteiger partial charge in [0, 0.05) is 50.4 Å². The maximum atomic E-state index is 6.09. The van der Waals surface area contributed by atoms with Crippen LogP contribution in [0.25, 0.3) is 10.9 Å². The Morgan fingerprint density at radius 3 is 2.86 bits per heavy atom. The molecule has 146 valence electrons. The molecule has 1 aromatic carbocycles. The summed E-state index contributed by atoms with van der Waals surface area (Å²) in [5.41, 5.74) is 3.20. The minimum Gasteiger partial charge on any atom is -0.471 e. The fourth-order valence-corrected chi connectivity index (χ4v) is 3.80. The first kappa shape index (κ1) is 17.4. The van der Waals surface area contributed by atoms with Gasteiger partial charge in [0.1, 0.15) is 18.7 Å². The zero-order valence-corrected chi connectivity index (χ0v) is 15.7. The summed E-state index contributed by atoms with van der Waals surface area (Å²) in [6.07, 6.45) is 6.04. The van der Waals surface area contributed by atoms with Crippen molar-refractivity contribution in [3.05, 3.63) is 42.5 Å². The van der Waals surface area contributed by atoms with Crippen molar-refractivity contribution in [1.29, 1.82) is 0 Å². The molecule has 2 saturated heterocycles. The van der Waals surface area contributed by atoms with Crippen LogP contribution in [0.2, 0.25) is 0 Å². The lowest BCUT2D eigenvalue weighted by Gasteiger charge is -2.36. The summed E-state index contributed by atoms with van der Waals surface area (Å²) >= 11 is 0. The third kappa shape index (κ3) is 3.65. The van der Waals surface area contributed by atoms with Gasteiger partial charge in [0.25, 0.3) is 0 Å². The summed E-state index contributed by atoms with van der Waals surface area (Å²) in [4.78, 5) is 13.6. The van der Waals surface area contributed by atoms with E-state index < -0.39 is 0 Å². The average Bonchev–Trinajstić information content (AvgIpc) is 3.43.